The van der Waals surface area contributed by atoms with Crippen LogP contribution in [0.5, 0.6) is 0 Å². The molecule has 5 heteroatoms. The van der Waals surface area contributed by atoms with Crippen molar-refractivity contribution in [2.45, 2.75) is 13.5 Å². The van der Waals surface area contributed by atoms with Crippen LogP contribution in [0.3, 0.4) is 0 Å². The lowest BCUT2D eigenvalue weighted by molar-refractivity contribution is 0.0790. The van der Waals surface area contributed by atoms with E-state index in [2.05, 4.69) is 4.98 Å². The first-order valence-electron chi connectivity index (χ1n) is 8.38. The van der Waals surface area contributed by atoms with E-state index in [1.54, 1.807) is 18.0 Å². The Labute approximate surface area is 154 Å². The maximum absolute atomic E-state index is 12.9. The predicted octanol–water partition coefficient (Wildman–Crippen LogP) is 4.32. The molecule has 4 nitrogen and oxygen atoms in total. The van der Waals surface area contributed by atoms with Gasteiger partial charge < -0.3 is 9.88 Å². The molecule has 0 aliphatic carbocycles. The van der Waals surface area contributed by atoms with Gasteiger partial charge in [0.05, 0.1) is 10.3 Å². The lowest BCUT2D eigenvalue weighted by Crippen LogP contribution is -2.25. The molecule has 4 rings (SSSR count). The van der Waals surface area contributed by atoms with Gasteiger partial charge in [0.25, 0.3) is 11.5 Å². The fourth-order valence-corrected chi connectivity index (χ4v) is 4.31. The molecule has 0 radical (unpaired) electrons. The molecular formula is C21H18N2O2S. The second-order valence-corrected chi connectivity index (χ2v) is 7.56. The zero-order valence-electron chi connectivity index (χ0n) is 14.6. The van der Waals surface area contributed by atoms with Gasteiger partial charge in [-0.3, -0.25) is 9.59 Å². The summed E-state index contributed by atoms with van der Waals surface area (Å²) in [6.45, 7) is 2.55. The van der Waals surface area contributed by atoms with Gasteiger partial charge >= 0.3 is 0 Å². The number of benzene rings is 2. The Hall–Kier alpha value is -2.92. The number of rotatable bonds is 3. The third kappa shape index (κ3) is 2.91. The minimum Gasteiger partial charge on any atom is -0.337 e. The number of hydrogen-bond acceptors (Lipinski definition) is 3. The minimum absolute atomic E-state index is 0.0738. The molecule has 0 saturated heterocycles. The molecule has 26 heavy (non-hydrogen) atoms. The fourth-order valence-electron chi connectivity index (χ4n) is 3.13. The summed E-state index contributed by atoms with van der Waals surface area (Å²) in [6.07, 6.45) is 0. The summed E-state index contributed by atoms with van der Waals surface area (Å²) in [5.74, 6) is -0.0738. The van der Waals surface area contributed by atoms with E-state index in [0.717, 1.165) is 26.7 Å². The van der Waals surface area contributed by atoms with Gasteiger partial charge in [0.1, 0.15) is 0 Å². The Balaban J connectivity index is 1.76. The van der Waals surface area contributed by atoms with Crippen molar-refractivity contribution in [1.82, 2.24) is 9.88 Å². The zero-order valence-corrected chi connectivity index (χ0v) is 15.4. The third-order valence-electron chi connectivity index (χ3n) is 4.46. The van der Waals surface area contributed by atoms with E-state index in [1.165, 1.54) is 11.3 Å². The summed E-state index contributed by atoms with van der Waals surface area (Å²) >= 11 is 1.39. The number of H-pyrrole nitrogens is 1. The van der Waals surface area contributed by atoms with Crippen molar-refractivity contribution < 1.29 is 4.79 Å². The first kappa shape index (κ1) is 16.5. The van der Waals surface area contributed by atoms with Crippen LogP contribution in [0.2, 0.25) is 0 Å². The van der Waals surface area contributed by atoms with Gasteiger partial charge in [0.2, 0.25) is 0 Å². The van der Waals surface area contributed by atoms with Crippen molar-refractivity contribution in [2.75, 3.05) is 7.05 Å². The summed E-state index contributed by atoms with van der Waals surface area (Å²) in [6, 6.07) is 17.5. The maximum atomic E-state index is 12.9. The van der Waals surface area contributed by atoms with Gasteiger partial charge in [-0.05, 0) is 30.7 Å². The number of aryl methyl sites for hydroxylation is 1. The fraction of sp³-hybridized carbons (Fsp3) is 0.143. The van der Waals surface area contributed by atoms with Crippen LogP contribution in [0, 0.1) is 6.92 Å². The standard InChI is InChI=1S/C21H18N2O2S/c1-13-8-9-17-15(10-13)19-16(20(24)22-17)11-18(26-19)21(25)23(2)12-14-6-4-3-5-7-14/h3-11H,12H2,1-2H3,(H,22,24). The SMILES string of the molecule is Cc1ccc2[nH]c(=O)c3cc(C(=O)N(C)Cc4ccccc4)sc3c2c1. The summed E-state index contributed by atoms with van der Waals surface area (Å²) in [4.78, 5) is 30.4. The second kappa shape index (κ2) is 6.42. The first-order valence-corrected chi connectivity index (χ1v) is 9.20. The number of carbonyl (C=O) groups is 1. The Morgan fingerprint density at radius 2 is 1.85 bits per heavy atom. The third-order valence-corrected chi connectivity index (χ3v) is 5.62. The van der Waals surface area contributed by atoms with E-state index >= 15 is 0 Å². The van der Waals surface area contributed by atoms with Crippen molar-refractivity contribution in [2.24, 2.45) is 0 Å². The average molecular weight is 362 g/mol. The molecule has 0 saturated carbocycles. The molecule has 0 bridgehead atoms. The van der Waals surface area contributed by atoms with Gasteiger partial charge in [-0.15, -0.1) is 11.3 Å². The highest BCUT2D eigenvalue weighted by Crippen LogP contribution is 2.30. The minimum atomic E-state index is -0.155. The molecule has 0 unspecified atom stereocenters. The highest BCUT2D eigenvalue weighted by Gasteiger charge is 2.18. The Kier molecular flexibility index (Phi) is 4.09. The number of nitrogens with zero attached hydrogens (tertiary/aromatic N) is 1. The zero-order chi connectivity index (χ0) is 18.3. The Bertz CT molecular complexity index is 1180. The molecule has 2 aromatic heterocycles. The second-order valence-electron chi connectivity index (χ2n) is 6.50. The van der Waals surface area contributed by atoms with E-state index in [0.29, 0.717) is 16.8 Å². The maximum Gasteiger partial charge on any atom is 0.264 e. The number of fused-ring (bicyclic) bond motifs is 3. The molecule has 0 fully saturated rings. The Morgan fingerprint density at radius 3 is 2.62 bits per heavy atom. The molecule has 4 aromatic rings. The summed E-state index contributed by atoms with van der Waals surface area (Å²) in [7, 11) is 1.78. The molecule has 1 N–H and O–H groups in total. The monoisotopic (exact) mass is 362 g/mol. The van der Waals surface area contributed by atoms with E-state index < -0.39 is 0 Å². The number of amides is 1. The number of carbonyl (C=O) groups excluding carboxylic acids is 1. The van der Waals surface area contributed by atoms with Crippen molar-refractivity contribution in [1.29, 1.82) is 0 Å². The molecule has 2 heterocycles. The van der Waals surface area contributed by atoms with Crippen molar-refractivity contribution in [3.8, 4) is 0 Å². The molecule has 0 spiro atoms. The van der Waals surface area contributed by atoms with Crippen LogP contribution in [-0.2, 0) is 6.54 Å². The van der Waals surface area contributed by atoms with E-state index in [9.17, 15) is 9.59 Å². The highest BCUT2D eigenvalue weighted by atomic mass is 32.1. The summed E-state index contributed by atoms with van der Waals surface area (Å²) < 4.78 is 0.865. The number of thiophene rings is 1. The van der Waals surface area contributed by atoms with Crippen LogP contribution in [0.4, 0.5) is 0 Å². The largest absolute Gasteiger partial charge is 0.337 e. The predicted molar refractivity (Wildman–Crippen MR) is 107 cm³/mol. The van der Waals surface area contributed by atoms with Gasteiger partial charge in [0, 0.05) is 29.2 Å². The number of pyridine rings is 1. The number of aromatic nitrogens is 1. The summed E-state index contributed by atoms with van der Waals surface area (Å²) in [5.41, 5.74) is 2.83. The first-order chi connectivity index (χ1) is 12.5. The van der Waals surface area contributed by atoms with Crippen LogP contribution >= 0.6 is 11.3 Å². The van der Waals surface area contributed by atoms with Crippen molar-refractivity contribution in [3.05, 3.63) is 81.0 Å². The van der Waals surface area contributed by atoms with Crippen LogP contribution in [0.25, 0.3) is 21.0 Å². The molecular weight excluding hydrogens is 344 g/mol. The van der Waals surface area contributed by atoms with Crippen LogP contribution in [0.15, 0.2) is 59.4 Å². The normalized spacial score (nSPS) is 11.2. The number of hydrogen-bond donors (Lipinski definition) is 1. The van der Waals surface area contributed by atoms with Crippen LogP contribution < -0.4 is 5.56 Å². The van der Waals surface area contributed by atoms with Crippen molar-refractivity contribution in [3.63, 3.8) is 0 Å². The van der Waals surface area contributed by atoms with E-state index in [4.69, 9.17) is 0 Å². The lowest BCUT2D eigenvalue weighted by atomic mass is 10.1. The molecule has 2 aromatic carbocycles. The van der Waals surface area contributed by atoms with Gasteiger partial charge in [-0.2, -0.15) is 0 Å². The van der Waals surface area contributed by atoms with Crippen LogP contribution in [-0.4, -0.2) is 22.8 Å². The highest BCUT2D eigenvalue weighted by molar-refractivity contribution is 7.21. The summed E-state index contributed by atoms with van der Waals surface area (Å²) in [5, 5.41) is 1.55. The van der Waals surface area contributed by atoms with Gasteiger partial charge in [-0.1, -0.05) is 42.0 Å². The van der Waals surface area contributed by atoms with E-state index in [-0.39, 0.29) is 11.5 Å². The average Bonchev–Trinajstić information content (AvgIpc) is 3.09. The molecule has 0 atom stereocenters. The van der Waals surface area contributed by atoms with Gasteiger partial charge in [-0.25, -0.2) is 0 Å². The molecule has 0 aliphatic heterocycles. The molecule has 130 valence electrons. The van der Waals surface area contributed by atoms with Gasteiger partial charge in [0.15, 0.2) is 0 Å². The Morgan fingerprint density at radius 1 is 1.08 bits per heavy atom. The van der Waals surface area contributed by atoms with Crippen molar-refractivity contribution >= 4 is 38.2 Å². The molecule has 0 aliphatic rings. The number of nitrogens with one attached hydrogen (secondary N) is 1. The van der Waals surface area contributed by atoms with Crippen LogP contribution in [0.1, 0.15) is 20.8 Å². The van der Waals surface area contributed by atoms with E-state index in [1.807, 2.05) is 55.5 Å². The topological polar surface area (TPSA) is 53.2 Å². The number of aromatic amines is 1. The smallest absolute Gasteiger partial charge is 0.264 e. The quantitative estimate of drug-likeness (QED) is 0.590. The molecule has 1 amide bonds. The lowest BCUT2D eigenvalue weighted by Gasteiger charge is -2.16.